The lowest BCUT2D eigenvalue weighted by molar-refractivity contribution is 0.929. The molecule has 1 heterocycles. The van der Waals surface area contributed by atoms with Crippen molar-refractivity contribution in [1.29, 1.82) is 0 Å². The molecule has 0 aliphatic heterocycles. The summed E-state index contributed by atoms with van der Waals surface area (Å²) in [4.78, 5) is 8.65. The van der Waals surface area contributed by atoms with Gasteiger partial charge in [0.15, 0.2) is 0 Å². The van der Waals surface area contributed by atoms with Crippen molar-refractivity contribution in [3.63, 3.8) is 0 Å². The van der Waals surface area contributed by atoms with Crippen molar-refractivity contribution in [2.24, 2.45) is 5.73 Å². The molecular weight excluding hydrogens is 266 g/mol. The molecule has 2 N–H and O–H groups in total. The van der Waals surface area contributed by atoms with Gasteiger partial charge in [-0.05, 0) is 25.1 Å². The number of nitrogens with zero attached hydrogens (tertiary/aromatic N) is 2. The molecule has 0 saturated carbocycles. The third-order valence-corrected chi connectivity index (χ3v) is 2.77. The van der Waals surface area contributed by atoms with Crippen molar-refractivity contribution >= 4 is 15.9 Å². The van der Waals surface area contributed by atoms with Gasteiger partial charge in [0.25, 0.3) is 0 Å². The summed E-state index contributed by atoms with van der Waals surface area (Å²) >= 11 is 3.41. The number of halogens is 1. The Morgan fingerprint density at radius 1 is 1.19 bits per heavy atom. The molecule has 2 rings (SSSR count). The second kappa shape index (κ2) is 4.72. The van der Waals surface area contributed by atoms with Gasteiger partial charge in [-0.25, -0.2) is 9.97 Å². The minimum absolute atomic E-state index is 0.437. The number of hydrogen-bond acceptors (Lipinski definition) is 3. The van der Waals surface area contributed by atoms with Gasteiger partial charge in [0.1, 0.15) is 5.82 Å². The molecule has 0 amide bonds. The van der Waals surface area contributed by atoms with E-state index in [2.05, 4.69) is 25.9 Å². The standard InChI is InChI=1S/C12H12BrN3/c1-8-15-11(7-14)6-12(16-8)9-2-4-10(13)5-3-9/h2-6H,7,14H2,1H3. The first-order valence-corrected chi connectivity index (χ1v) is 5.79. The number of nitrogens with two attached hydrogens (primary N) is 1. The zero-order valence-electron chi connectivity index (χ0n) is 8.94. The van der Waals surface area contributed by atoms with Crippen molar-refractivity contribution < 1.29 is 0 Å². The highest BCUT2D eigenvalue weighted by molar-refractivity contribution is 9.10. The molecule has 0 spiro atoms. The van der Waals surface area contributed by atoms with E-state index in [0.717, 1.165) is 27.2 Å². The fraction of sp³-hybridized carbons (Fsp3) is 0.167. The number of aryl methyl sites for hydroxylation is 1. The van der Waals surface area contributed by atoms with E-state index in [0.29, 0.717) is 6.54 Å². The minimum Gasteiger partial charge on any atom is -0.325 e. The highest BCUT2D eigenvalue weighted by Gasteiger charge is 2.03. The summed E-state index contributed by atoms with van der Waals surface area (Å²) in [6, 6.07) is 9.96. The van der Waals surface area contributed by atoms with Crippen LogP contribution in [0.2, 0.25) is 0 Å². The van der Waals surface area contributed by atoms with E-state index in [1.54, 1.807) is 0 Å². The van der Waals surface area contributed by atoms with Crippen LogP contribution in [-0.4, -0.2) is 9.97 Å². The average Bonchev–Trinajstić information content (AvgIpc) is 2.29. The van der Waals surface area contributed by atoms with Crippen LogP contribution in [0.1, 0.15) is 11.5 Å². The lowest BCUT2D eigenvalue weighted by atomic mass is 10.1. The molecule has 16 heavy (non-hydrogen) atoms. The van der Waals surface area contributed by atoms with E-state index < -0.39 is 0 Å². The summed E-state index contributed by atoms with van der Waals surface area (Å²) < 4.78 is 1.06. The Balaban J connectivity index is 2.47. The van der Waals surface area contributed by atoms with Crippen LogP contribution in [0.5, 0.6) is 0 Å². The average molecular weight is 278 g/mol. The number of hydrogen-bond donors (Lipinski definition) is 1. The van der Waals surface area contributed by atoms with Crippen LogP contribution in [0, 0.1) is 6.92 Å². The molecule has 0 radical (unpaired) electrons. The molecule has 0 atom stereocenters. The Bertz CT molecular complexity index is 494. The molecule has 0 fully saturated rings. The Labute approximate surface area is 103 Å². The molecule has 1 aromatic carbocycles. The maximum atomic E-state index is 5.59. The van der Waals surface area contributed by atoms with Crippen molar-refractivity contribution in [2.45, 2.75) is 13.5 Å². The van der Waals surface area contributed by atoms with Gasteiger partial charge in [0, 0.05) is 16.6 Å². The van der Waals surface area contributed by atoms with Crippen LogP contribution in [-0.2, 0) is 6.54 Å². The lowest BCUT2D eigenvalue weighted by Gasteiger charge is -2.04. The van der Waals surface area contributed by atoms with Gasteiger partial charge in [-0.2, -0.15) is 0 Å². The van der Waals surface area contributed by atoms with Crippen molar-refractivity contribution in [3.8, 4) is 11.3 Å². The summed E-state index contributed by atoms with van der Waals surface area (Å²) in [5, 5.41) is 0. The second-order valence-corrected chi connectivity index (χ2v) is 4.42. The van der Waals surface area contributed by atoms with Crippen molar-refractivity contribution in [2.75, 3.05) is 0 Å². The maximum absolute atomic E-state index is 5.59. The Morgan fingerprint density at radius 3 is 2.50 bits per heavy atom. The third-order valence-electron chi connectivity index (χ3n) is 2.24. The Hall–Kier alpha value is -1.26. The molecule has 0 saturated heterocycles. The monoisotopic (exact) mass is 277 g/mol. The molecule has 2 aromatic rings. The van der Waals surface area contributed by atoms with E-state index in [4.69, 9.17) is 5.73 Å². The second-order valence-electron chi connectivity index (χ2n) is 3.50. The summed E-state index contributed by atoms with van der Waals surface area (Å²) in [5.41, 5.74) is 8.45. The SMILES string of the molecule is Cc1nc(CN)cc(-c2ccc(Br)cc2)n1. The summed E-state index contributed by atoms with van der Waals surface area (Å²) in [5.74, 6) is 0.751. The fourth-order valence-electron chi connectivity index (χ4n) is 1.50. The molecule has 1 aromatic heterocycles. The zero-order valence-corrected chi connectivity index (χ0v) is 10.5. The van der Waals surface area contributed by atoms with Crippen molar-refractivity contribution in [3.05, 3.63) is 46.3 Å². The van der Waals surface area contributed by atoms with E-state index in [-0.39, 0.29) is 0 Å². The van der Waals surface area contributed by atoms with Gasteiger partial charge in [-0.15, -0.1) is 0 Å². The lowest BCUT2D eigenvalue weighted by Crippen LogP contribution is -2.03. The Kier molecular flexibility index (Phi) is 3.31. The highest BCUT2D eigenvalue weighted by Crippen LogP contribution is 2.20. The molecule has 0 bridgehead atoms. The predicted molar refractivity (Wildman–Crippen MR) is 67.8 cm³/mol. The van der Waals surface area contributed by atoms with E-state index in [9.17, 15) is 0 Å². The molecule has 3 nitrogen and oxygen atoms in total. The number of aromatic nitrogens is 2. The van der Waals surface area contributed by atoms with Gasteiger partial charge < -0.3 is 5.73 Å². The van der Waals surface area contributed by atoms with E-state index >= 15 is 0 Å². The molecule has 0 unspecified atom stereocenters. The molecule has 4 heteroatoms. The van der Waals surface area contributed by atoms with Gasteiger partial charge in [0.2, 0.25) is 0 Å². The summed E-state index contributed by atoms with van der Waals surface area (Å²) in [6.07, 6.45) is 0. The van der Waals surface area contributed by atoms with Crippen LogP contribution in [0.15, 0.2) is 34.8 Å². The first-order chi connectivity index (χ1) is 7.69. The molecule has 0 aliphatic carbocycles. The van der Waals surface area contributed by atoms with Crippen LogP contribution in [0.3, 0.4) is 0 Å². The van der Waals surface area contributed by atoms with Crippen LogP contribution in [0.25, 0.3) is 11.3 Å². The molecule has 0 aliphatic rings. The quantitative estimate of drug-likeness (QED) is 0.918. The maximum Gasteiger partial charge on any atom is 0.126 e. The first kappa shape index (κ1) is 11.2. The van der Waals surface area contributed by atoms with Crippen LogP contribution >= 0.6 is 15.9 Å². The Morgan fingerprint density at radius 2 is 1.88 bits per heavy atom. The van der Waals surface area contributed by atoms with Gasteiger partial charge in [0.05, 0.1) is 11.4 Å². The number of benzene rings is 1. The van der Waals surface area contributed by atoms with Gasteiger partial charge in [-0.1, -0.05) is 28.1 Å². The molecular formula is C12H12BrN3. The third kappa shape index (κ3) is 2.46. The zero-order chi connectivity index (χ0) is 11.5. The summed E-state index contributed by atoms with van der Waals surface area (Å²) in [6.45, 7) is 2.31. The minimum atomic E-state index is 0.437. The van der Waals surface area contributed by atoms with E-state index in [1.165, 1.54) is 0 Å². The van der Waals surface area contributed by atoms with Crippen molar-refractivity contribution in [1.82, 2.24) is 9.97 Å². The molecule has 82 valence electrons. The van der Waals surface area contributed by atoms with E-state index in [1.807, 2.05) is 37.3 Å². The highest BCUT2D eigenvalue weighted by atomic mass is 79.9. The van der Waals surface area contributed by atoms with Gasteiger partial charge >= 0.3 is 0 Å². The summed E-state index contributed by atoms with van der Waals surface area (Å²) in [7, 11) is 0. The van der Waals surface area contributed by atoms with Crippen LogP contribution in [0.4, 0.5) is 0 Å². The predicted octanol–water partition coefficient (Wildman–Crippen LogP) is 2.67. The first-order valence-electron chi connectivity index (χ1n) is 4.99. The smallest absolute Gasteiger partial charge is 0.126 e. The topological polar surface area (TPSA) is 51.8 Å². The van der Waals surface area contributed by atoms with Gasteiger partial charge in [-0.3, -0.25) is 0 Å². The normalized spacial score (nSPS) is 10.4. The fourth-order valence-corrected chi connectivity index (χ4v) is 1.77. The largest absolute Gasteiger partial charge is 0.325 e. The number of rotatable bonds is 2. The van der Waals surface area contributed by atoms with Crippen LogP contribution < -0.4 is 5.73 Å².